The molecule has 94 valence electrons. The largest absolute Gasteiger partial charge is 0.497 e. The smallest absolute Gasteiger partial charge is 0.339 e. The highest BCUT2D eigenvalue weighted by atomic mass is 32.2. The van der Waals surface area contributed by atoms with E-state index in [2.05, 4.69) is 0 Å². The minimum Gasteiger partial charge on any atom is -0.497 e. The zero-order valence-electron chi connectivity index (χ0n) is 9.47. The molecular weight excluding hydrogens is 246 g/mol. The monoisotopic (exact) mass is 259 g/mol. The van der Waals surface area contributed by atoms with Gasteiger partial charge in [-0.1, -0.05) is 0 Å². The number of rotatable bonds is 4. The van der Waals surface area contributed by atoms with Crippen LogP contribution in [0.25, 0.3) is 0 Å². The Morgan fingerprint density at radius 3 is 2.53 bits per heavy atom. The van der Waals surface area contributed by atoms with E-state index in [0.29, 0.717) is 5.75 Å². The van der Waals surface area contributed by atoms with E-state index in [1.54, 1.807) is 6.92 Å². The number of carbonyl (C=O) groups excluding carboxylic acids is 1. The summed E-state index contributed by atoms with van der Waals surface area (Å²) in [4.78, 5) is 11.2. The van der Waals surface area contributed by atoms with Crippen molar-refractivity contribution in [1.29, 1.82) is 0 Å². The number of sulfonamides is 1. The number of esters is 1. The van der Waals surface area contributed by atoms with Gasteiger partial charge in [0, 0.05) is 6.07 Å². The van der Waals surface area contributed by atoms with Crippen LogP contribution >= 0.6 is 0 Å². The maximum atomic E-state index is 11.5. The molecule has 1 aromatic carbocycles. The van der Waals surface area contributed by atoms with E-state index in [1.165, 1.54) is 25.3 Å². The number of hydrogen-bond acceptors (Lipinski definition) is 5. The quantitative estimate of drug-likeness (QED) is 0.795. The van der Waals surface area contributed by atoms with Crippen molar-refractivity contribution in [2.45, 2.75) is 11.8 Å². The molecule has 0 spiro atoms. The van der Waals surface area contributed by atoms with Crippen LogP contribution in [-0.2, 0) is 14.8 Å². The first-order valence-corrected chi connectivity index (χ1v) is 6.32. The summed E-state index contributed by atoms with van der Waals surface area (Å²) in [6, 6.07) is 3.94. The van der Waals surface area contributed by atoms with Crippen molar-refractivity contribution in [1.82, 2.24) is 0 Å². The van der Waals surface area contributed by atoms with Gasteiger partial charge in [-0.05, 0) is 19.1 Å². The van der Waals surface area contributed by atoms with E-state index in [9.17, 15) is 13.2 Å². The molecule has 0 saturated carbocycles. The molecule has 0 amide bonds. The minimum atomic E-state index is -4.01. The topological polar surface area (TPSA) is 95.7 Å². The summed E-state index contributed by atoms with van der Waals surface area (Å²) in [5, 5.41) is 5.02. The fraction of sp³-hybridized carbons (Fsp3) is 0.300. The Labute approximate surface area is 99.4 Å². The van der Waals surface area contributed by atoms with Crippen LogP contribution in [0, 0.1) is 0 Å². The zero-order chi connectivity index (χ0) is 13.1. The molecule has 0 aliphatic carbocycles. The zero-order valence-corrected chi connectivity index (χ0v) is 10.3. The first-order valence-electron chi connectivity index (χ1n) is 4.78. The van der Waals surface area contributed by atoms with Crippen LogP contribution in [0.15, 0.2) is 23.1 Å². The summed E-state index contributed by atoms with van der Waals surface area (Å²) in [6.45, 7) is 1.77. The molecule has 0 aliphatic rings. The first kappa shape index (κ1) is 13.5. The van der Waals surface area contributed by atoms with Gasteiger partial charge in [0.05, 0.1) is 24.2 Å². The molecule has 0 saturated heterocycles. The number of ether oxygens (including phenoxy) is 2. The lowest BCUT2D eigenvalue weighted by Gasteiger charge is -2.08. The van der Waals surface area contributed by atoms with Gasteiger partial charge in [-0.25, -0.2) is 18.4 Å². The standard InChI is InChI=1S/C10H13NO5S/c1-3-16-10(12)8-5-4-7(15-2)6-9(8)17(11,13)14/h4-6H,3H2,1-2H3,(H2,11,13,14). The summed E-state index contributed by atoms with van der Waals surface area (Å²) in [5.74, 6) is -0.443. The van der Waals surface area contributed by atoms with Crippen LogP contribution in [0.5, 0.6) is 5.75 Å². The van der Waals surface area contributed by atoms with Crippen molar-refractivity contribution in [3.63, 3.8) is 0 Å². The van der Waals surface area contributed by atoms with Gasteiger partial charge in [-0.15, -0.1) is 0 Å². The third kappa shape index (κ3) is 3.18. The Balaban J connectivity index is 3.35. The highest BCUT2D eigenvalue weighted by Crippen LogP contribution is 2.21. The second kappa shape index (κ2) is 5.15. The van der Waals surface area contributed by atoms with E-state index in [-0.39, 0.29) is 17.1 Å². The number of nitrogens with two attached hydrogens (primary N) is 1. The Morgan fingerprint density at radius 2 is 2.06 bits per heavy atom. The second-order valence-electron chi connectivity index (χ2n) is 3.13. The van der Waals surface area contributed by atoms with Crippen molar-refractivity contribution < 1.29 is 22.7 Å². The van der Waals surface area contributed by atoms with Crippen LogP contribution in [0.4, 0.5) is 0 Å². The van der Waals surface area contributed by atoms with Crippen molar-refractivity contribution in [2.75, 3.05) is 13.7 Å². The highest BCUT2D eigenvalue weighted by molar-refractivity contribution is 7.89. The number of hydrogen-bond donors (Lipinski definition) is 1. The summed E-state index contributed by atoms with van der Waals surface area (Å²) in [6.07, 6.45) is 0. The van der Waals surface area contributed by atoms with Gasteiger partial charge < -0.3 is 9.47 Å². The molecule has 1 aromatic rings. The van der Waals surface area contributed by atoms with E-state index in [0.717, 1.165) is 0 Å². The van der Waals surface area contributed by atoms with Crippen molar-refractivity contribution in [3.8, 4) is 5.75 Å². The molecule has 0 heterocycles. The third-order valence-corrected chi connectivity index (χ3v) is 2.94. The molecule has 0 unspecified atom stereocenters. The van der Waals surface area contributed by atoms with Crippen molar-refractivity contribution >= 4 is 16.0 Å². The molecule has 0 aromatic heterocycles. The Hall–Kier alpha value is -1.60. The summed E-state index contributed by atoms with van der Waals surface area (Å²) >= 11 is 0. The van der Waals surface area contributed by atoms with Gasteiger partial charge in [0.25, 0.3) is 0 Å². The Bertz CT molecular complexity index is 523. The van der Waals surface area contributed by atoms with Gasteiger partial charge in [0.1, 0.15) is 5.75 Å². The van der Waals surface area contributed by atoms with Crippen LogP contribution in [0.3, 0.4) is 0 Å². The number of primary sulfonamides is 1. The van der Waals surface area contributed by atoms with Gasteiger partial charge >= 0.3 is 5.97 Å². The molecule has 7 heteroatoms. The summed E-state index contributed by atoms with van der Waals surface area (Å²) < 4.78 is 32.3. The van der Waals surface area contributed by atoms with Crippen LogP contribution in [-0.4, -0.2) is 28.1 Å². The molecule has 0 radical (unpaired) electrons. The van der Waals surface area contributed by atoms with Gasteiger partial charge in [-0.3, -0.25) is 0 Å². The maximum absolute atomic E-state index is 11.5. The van der Waals surface area contributed by atoms with E-state index in [1.807, 2.05) is 0 Å². The van der Waals surface area contributed by atoms with Crippen molar-refractivity contribution in [3.05, 3.63) is 23.8 Å². The molecule has 0 bridgehead atoms. The van der Waals surface area contributed by atoms with Crippen LogP contribution in [0.1, 0.15) is 17.3 Å². The SMILES string of the molecule is CCOC(=O)c1ccc(OC)cc1S(N)(=O)=O. The maximum Gasteiger partial charge on any atom is 0.339 e. The number of benzene rings is 1. The van der Waals surface area contributed by atoms with Gasteiger partial charge in [0.15, 0.2) is 0 Å². The van der Waals surface area contributed by atoms with E-state index < -0.39 is 16.0 Å². The normalized spacial score (nSPS) is 11.0. The number of methoxy groups -OCH3 is 1. The van der Waals surface area contributed by atoms with Crippen molar-refractivity contribution in [2.24, 2.45) is 5.14 Å². The first-order chi connectivity index (χ1) is 7.90. The van der Waals surface area contributed by atoms with Gasteiger partial charge in [0.2, 0.25) is 10.0 Å². The fourth-order valence-corrected chi connectivity index (χ4v) is 1.98. The van der Waals surface area contributed by atoms with Crippen LogP contribution < -0.4 is 9.88 Å². The Morgan fingerprint density at radius 1 is 1.41 bits per heavy atom. The molecule has 0 fully saturated rings. The number of carbonyl (C=O) groups is 1. The molecule has 17 heavy (non-hydrogen) atoms. The molecule has 0 atom stereocenters. The third-order valence-electron chi connectivity index (χ3n) is 1.99. The molecule has 0 aliphatic heterocycles. The van der Waals surface area contributed by atoms with E-state index >= 15 is 0 Å². The lowest BCUT2D eigenvalue weighted by molar-refractivity contribution is 0.0522. The van der Waals surface area contributed by atoms with Gasteiger partial charge in [-0.2, -0.15) is 0 Å². The second-order valence-corrected chi connectivity index (χ2v) is 4.66. The highest BCUT2D eigenvalue weighted by Gasteiger charge is 2.21. The molecule has 6 nitrogen and oxygen atoms in total. The minimum absolute atomic E-state index is 0.102. The lowest BCUT2D eigenvalue weighted by atomic mass is 10.2. The Kier molecular flexibility index (Phi) is 4.08. The molecule has 1 rings (SSSR count). The van der Waals surface area contributed by atoms with Crippen LogP contribution in [0.2, 0.25) is 0 Å². The molecular formula is C10H13NO5S. The predicted octanol–water partition coefficient (Wildman–Crippen LogP) is 0.519. The predicted molar refractivity (Wildman–Crippen MR) is 60.3 cm³/mol. The fourth-order valence-electron chi connectivity index (χ4n) is 1.24. The average molecular weight is 259 g/mol. The van der Waals surface area contributed by atoms with E-state index in [4.69, 9.17) is 14.6 Å². The summed E-state index contributed by atoms with van der Waals surface area (Å²) in [5.41, 5.74) is -0.102. The lowest BCUT2D eigenvalue weighted by Crippen LogP contribution is -2.18. The summed E-state index contributed by atoms with van der Waals surface area (Å²) in [7, 11) is -2.63. The molecule has 2 N–H and O–H groups in total. The average Bonchev–Trinajstić information content (AvgIpc) is 2.27.